The first-order valence-corrected chi connectivity index (χ1v) is 8.58. The third-order valence-corrected chi connectivity index (χ3v) is 5.47. The summed E-state index contributed by atoms with van der Waals surface area (Å²) in [5.41, 5.74) is 2.94. The molecular formula is C15H17O3S-. The molecule has 0 aliphatic heterocycles. The lowest BCUT2D eigenvalue weighted by Gasteiger charge is -2.19. The van der Waals surface area contributed by atoms with Gasteiger partial charge in [-0.05, 0) is 73.0 Å². The molecule has 3 aliphatic rings. The molecule has 0 aromatic heterocycles. The van der Waals surface area contributed by atoms with Crippen LogP contribution in [0, 0.1) is 0 Å². The lowest BCUT2D eigenvalue weighted by molar-refractivity contribution is 0.461. The van der Waals surface area contributed by atoms with Crippen LogP contribution in [0.25, 0.3) is 0 Å². The van der Waals surface area contributed by atoms with Gasteiger partial charge in [0, 0.05) is 0 Å². The van der Waals surface area contributed by atoms with E-state index in [1.807, 2.05) is 12.1 Å². The summed E-state index contributed by atoms with van der Waals surface area (Å²) in [6, 6.07) is 4.04. The molecule has 0 bridgehead atoms. The summed E-state index contributed by atoms with van der Waals surface area (Å²) in [5.74, 6) is 1.24. The molecule has 1 aromatic rings. The molecule has 0 saturated heterocycles. The largest absolute Gasteiger partial charge is 0.744 e. The Hall–Kier alpha value is -0.870. The Morgan fingerprint density at radius 3 is 1.58 bits per heavy atom. The molecule has 0 amide bonds. The summed E-state index contributed by atoms with van der Waals surface area (Å²) in [4.78, 5) is 0.141. The van der Waals surface area contributed by atoms with Crippen LogP contribution >= 0.6 is 0 Å². The third-order valence-electron chi connectivity index (χ3n) is 4.50. The Bertz CT molecular complexity index is 602. The molecular weight excluding hydrogens is 260 g/mol. The number of rotatable bonds is 4. The highest BCUT2D eigenvalue weighted by atomic mass is 32.2. The quantitative estimate of drug-likeness (QED) is 0.794. The monoisotopic (exact) mass is 277 g/mol. The Labute approximate surface area is 113 Å². The van der Waals surface area contributed by atoms with Gasteiger partial charge in [-0.25, -0.2) is 8.42 Å². The Morgan fingerprint density at radius 1 is 0.842 bits per heavy atom. The smallest absolute Gasteiger partial charge is 0.124 e. The Balaban J connectivity index is 1.94. The summed E-state index contributed by atoms with van der Waals surface area (Å²) >= 11 is 0. The molecule has 4 heteroatoms. The van der Waals surface area contributed by atoms with Gasteiger partial charge in [0.15, 0.2) is 0 Å². The van der Waals surface area contributed by atoms with Gasteiger partial charge in [-0.2, -0.15) is 0 Å². The summed E-state index contributed by atoms with van der Waals surface area (Å²) in [7, 11) is -4.35. The molecule has 3 saturated carbocycles. The first kappa shape index (κ1) is 11.9. The summed E-state index contributed by atoms with van der Waals surface area (Å²) in [6.45, 7) is 0. The molecule has 3 fully saturated rings. The summed E-state index contributed by atoms with van der Waals surface area (Å²) in [6.07, 6.45) is 6.53. The molecule has 0 heterocycles. The van der Waals surface area contributed by atoms with Gasteiger partial charge in [0.05, 0.1) is 4.90 Å². The number of benzene rings is 1. The minimum absolute atomic E-state index is 0.141. The molecule has 102 valence electrons. The van der Waals surface area contributed by atoms with Crippen LogP contribution in [0.5, 0.6) is 0 Å². The van der Waals surface area contributed by atoms with Crippen LogP contribution < -0.4 is 0 Å². The first-order valence-electron chi connectivity index (χ1n) is 7.17. The summed E-state index contributed by atoms with van der Waals surface area (Å²) < 4.78 is 35.0. The van der Waals surface area contributed by atoms with Gasteiger partial charge in [0.1, 0.15) is 10.1 Å². The number of hydrogen-bond donors (Lipinski definition) is 0. The van der Waals surface area contributed by atoms with Crippen molar-refractivity contribution in [1.29, 1.82) is 0 Å². The zero-order valence-electron chi connectivity index (χ0n) is 10.8. The Morgan fingerprint density at radius 2 is 1.26 bits per heavy atom. The van der Waals surface area contributed by atoms with Gasteiger partial charge in [0.2, 0.25) is 0 Å². The van der Waals surface area contributed by atoms with Crippen molar-refractivity contribution < 1.29 is 13.0 Å². The van der Waals surface area contributed by atoms with Gasteiger partial charge >= 0.3 is 0 Å². The van der Waals surface area contributed by atoms with Crippen molar-refractivity contribution in [1.82, 2.24) is 0 Å². The fourth-order valence-corrected chi connectivity index (χ4v) is 4.06. The maximum atomic E-state index is 11.7. The van der Waals surface area contributed by atoms with Crippen molar-refractivity contribution in [2.24, 2.45) is 0 Å². The van der Waals surface area contributed by atoms with Crippen molar-refractivity contribution in [2.45, 2.75) is 61.2 Å². The molecule has 3 aliphatic carbocycles. The lowest BCUT2D eigenvalue weighted by atomic mass is 9.97. The van der Waals surface area contributed by atoms with Crippen LogP contribution in [0.1, 0.15) is 73.0 Å². The van der Waals surface area contributed by atoms with E-state index in [0.717, 1.165) is 36.8 Å². The second-order valence-electron chi connectivity index (χ2n) is 6.31. The Kier molecular flexibility index (Phi) is 2.40. The van der Waals surface area contributed by atoms with Crippen molar-refractivity contribution >= 4 is 10.1 Å². The first-order chi connectivity index (χ1) is 9.04. The van der Waals surface area contributed by atoms with Gasteiger partial charge in [-0.1, -0.05) is 12.1 Å². The predicted molar refractivity (Wildman–Crippen MR) is 70.3 cm³/mol. The van der Waals surface area contributed by atoms with Crippen LogP contribution in [0.3, 0.4) is 0 Å². The van der Waals surface area contributed by atoms with E-state index in [2.05, 4.69) is 0 Å². The minimum atomic E-state index is -4.35. The van der Waals surface area contributed by atoms with Gasteiger partial charge in [-0.3, -0.25) is 0 Å². The van der Waals surface area contributed by atoms with Crippen LogP contribution in [0.2, 0.25) is 0 Å². The van der Waals surface area contributed by atoms with E-state index in [-0.39, 0.29) is 4.90 Å². The van der Waals surface area contributed by atoms with Crippen molar-refractivity contribution in [2.75, 3.05) is 0 Å². The fraction of sp³-hybridized carbons (Fsp3) is 0.600. The van der Waals surface area contributed by atoms with E-state index in [1.54, 1.807) is 0 Å². The second kappa shape index (κ2) is 3.83. The normalized spacial score (nSPS) is 23.6. The molecule has 0 unspecified atom stereocenters. The van der Waals surface area contributed by atoms with Gasteiger partial charge < -0.3 is 4.55 Å². The molecule has 4 rings (SSSR count). The predicted octanol–water partition coefficient (Wildman–Crippen LogP) is 3.22. The third kappa shape index (κ3) is 2.21. The highest BCUT2D eigenvalue weighted by molar-refractivity contribution is 7.85. The van der Waals surface area contributed by atoms with E-state index < -0.39 is 10.1 Å². The van der Waals surface area contributed by atoms with Gasteiger partial charge in [0.25, 0.3) is 0 Å². The zero-order valence-corrected chi connectivity index (χ0v) is 11.6. The van der Waals surface area contributed by atoms with Crippen LogP contribution in [-0.4, -0.2) is 13.0 Å². The lowest BCUT2D eigenvalue weighted by Crippen LogP contribution is -2.08. The van der Waals surface area contributed by atoms with Crippen LogP contribution in [-0.2, 0) is 10.1 Å². The van der Waals surface area contributed by atoms with Crippen LogP contribution in [0.15, 0.2) is 17.0 Å². The molecule has 3 nitrogen and oxygen atoms in total. The van der Waals surface area contributed by atoms with Crippen LogP contribution in [0.4, 0.5) is 0 Å². The average Bonchev–Trinajstić information content (AvgIpc) is 3.25. The highest BCUT2D eigenvalue weighted by Crippen LogP contribution is 2.52. The van der Waals surface area contributed by atoms with Crippen molar-refractivity contribution in [3.05, 3.63) is 28.8 Å². The average molecular weight is 277 g/mol. The van der Waals surface area contributed by atoms with Gasteiger partial charge in [-0.15, -0.1) is 0 Å². The SMILES string of the molecule is O=S(=O)([O-])c1c(C2CC2)cc(C2CC2)cc1C1CC1. The maximum Gasteiger partial charge on any atom is 0.124 e. The number of hydrogen-bond acceptors (Lipinski definition) is 3. The molecule has 0 spiro atoms. The minimum Gasteiger partial charge on any atom is -0.744 e. The topological polar surface area (TPSA) is 57.2 Å². The van der Waals surface area contributed by atoms with Crippen molar-refractivity contribution in [3.63, 3.8) is 0 Å². The standard InChI is InChI=1S/C15H18O3S/c16-19(17,18)15-13(10-3-4-10)7-12(9-1-2-9)8-14(15)11-5-6-11/h7-11H,1-6H2,(H,16,17,18)/p-1. The molecule has 1 aromatic carbocycles. The molecule has 0 N–H and O–H groups in total. The van der Waals surface area contributed by atoms with E-state index in [9.17, 15) is 13.0 Å². The zero-order chi connectivity index (χ0) is 13.2. The van der Waals surface area contributed by atoms with Crippen molar-refractivity contribution in [3.8, 4) is 0 Å². The second-order valence-corrected chi connectivity index (χ2v) is 7.62. The van der Waals surface area contributed by atoms with E-state index in [1.165, 1.54) is 18.4 Å². The maximum absolute atomic E-state index is 11.7. The molecule has 19 heavy (non-hydrogen) atoms. The van der Waals surface area contributed by atoms with E-state index in [0.29, 0.717) is 17.8 Å². The van der Waals surface area contributed by atoms with E-state index in [4.69, 9.17) is 0 Å². The highest BCUT2D eigenvalue weighted by Gasteiger charge is 2.36. The van der Waals surface area contributed by atoms with E-state index >= 15 is 0 Å². The molecule has 0 radical (unpaired) electrons. The fourth-order valence-electron chi connectivity index (χ4n) is 3.03. The molecule has 0 atom stereocenters. The summed E-state index contributed by atoms with van der Waals surface area (Å²) in [5, 5.41) is 0.